The van der Waals surface area contributed by atoms with Gasteiger partial charge in [0, 0.05) is 40.7 Å². The zero-order chi connectivity index (χ0) is 18.7. The lowest BCUT2D eigenvalue weighted by Gasteiger charge is -2.13. The minimum absolute atomic E-state index is 0.0824. The highest BCUT2D eigenvalue weighted by Gasteiger charge is 2.15. The Hall–Kier alpha value is -2.55. The van der Waals surface area contributed by atoms with Gasteiger partial charge in [-0.15, -0.1) is 0 Å². The Labute approximate surface area is 153 Å². The van der Waals surface area contributed by atoms with Crippen LogP contribution in [0.1, 0.15) is 22.6 Å². The van der Waals surface area contributed by atoms with Crippen LogP contribution in [0.5, 0.6) is 0 Å². The standard InChI is InChI=1S/C18H19N3O4S/c1-12-17(13(2)25-20-12)16-8-15(9-19-26(23)24)18(22)21(11-16)10-14-6-4-3-5-7-14/h3-8,11,19H,9-10H2,1-2H3,(H,23,24)/p-1. The first-order valence-electron chi connectivity index (χ1n) is 7.99. The van der Waals surface area contributed by atoms with Crippen LogP contribution in [0.4, 0.5) is 0 Å². The molecule has 0 saturated carbocycles. The van der Waals surface area contributed by atoms with Crippen molar-refractivity contribution >= 4 is 11.3 Å². The molecular formula is C18H18N3O4S-. The van der Waals surface area contributed by atoms with Crippen LogP contribution >= 0.6 is 0 Å². The number of aryl methyl sites for hydroxylation is 2. The fraction of sp³-hybridized carbons (Fsp3) is 0.222. The van der Waals surface area contributed by atoms with Gasteiger partial charge in [-0.25, -0.2) is 4.72 Å². The van der Waals surface area contributed by atoms with Crippen LogP contribution in [0.2, 0.25) is 0 Å². The summed E-state index contributed by atoms with van der Waals surface area (Å²) in [4.78, 5) is 12.8. The van der Waals surface area contributed by atoms with Crippen molar-refractivity contribution in [1.29, 1.82) is 0 Å². The monoisotopic (exact) mass is 372 g/mol. The van der Waals surface area contributed by atoms with Gasteiger partial charge >= 0.3 is 0 Å². The van der Waals surface area contributed by atoms with Crippen LogP contribution < -0.4 is 10.3 Å². The minimum Gasteiger partial charge on any atom is -0.760 e. The first-order chi connectivity index (χ1) is 12.5. The molecule has 3 aromatic rings. The van der Waals surface area contributed by atoms with Gasteiger partial charge < -0.3 is 13.6 Å². The van der Waals surface area contributed by atoms with Crippen molar-refractivity contribution in [3.8, 4) is 11.1 Å². The Morgan fingerprint density at radius 2 is 2.00 bits per heavy atom. The number of hydrogen-bond acceptors (Lipinski definition) is 5. The molecule has 7 nitrogen and oxygen atoms in total. The van der Waals surface area contributed by atoms with E-state index in [0.29, 0.717) is 23.6 Å². The van der Waals surface area contributed by atoms with Gasteiger partial charge in [-0.2, -0.15) is 0 Å². The number of aromatic nitrogens is 2. The number of nitrogens with one attached hydrogen (secondary N) is 1. The molecule has 136 valence electrons. The van der Waals surface area contributed by atoms with Crippen molar-refractivity contribution in [2.75, 3.05) is 0 Å². The Bertz CT molecular complexity index is 976. The van der Waals surface area contributed by atoms with Gasteiger partial charge in [0.2, 0.25) is 0 Å². The molecule has 2 heterocycles. The van der Waals surface area contributed by atoms with Crippen molar-refractivity contribution in [2.45, 2.75) is 26.9 Å². The maximum Gasteiger partial charge on any atom is 0.255 e. The minimum atomic E-state index is -2.45. The fourth-order valence-electron chi connectivity index (χ4n) is 2.89. The average molecular weight is 372 g/mol. The summed E-state index contributed by atoms with van der Waals surface area (Å²) in [6.07, 6.45) is 1.75. The third-order valence-electron chi connectivity index (χ3n) is 4.06. The maximum absolute atomic E-state index is 12.8. The lowest BCUT2D eigenvalue weighted by atomic mass is 10.0. The lowest BCUT2D eigenvalue weighted by Crippen LogP contribution is -2.28. The fourth-order valence-corrected chi connectivity index (χ4v) is 3.16. The van der Waals surface area contributed by atoms with E-state index in [9.17, 15) is 13.6 Å². The molecule has 0 radical (unpaired) electrons. The Morgan fingerprint density at radius 1 is 1.27 bits per heavy atom. The normalized spacial score (nSPS) is 12.3. The summed E-state index contributed by atoms with van der Waals surface area (Å²) >= 11 is -2.45. The molecule has 0 amide bonds. The summed E-state index contributed by atoms with van der Waals surface area (Å²) in [7, 11) is 0. The highest BCUT2D eigenvalue weighted by atomic mass is 32.2. The van der Waals surface area contributed by atoms with Crippen LogP contribution in [0, 0.1) is 13.8 Å². The highest BCUT2D eigenvalue weighted by molar-refractivity contribution is 7.77. The zero-order valence-electron chi connectivity index (χ0n) is 14.4. The summed E-state index contributed by atoms with van der Waals surface area (Å²) in [5, 5.41) is 3.96. The predicted molar refractivity (Wildman–Crippen MR) is 97.0 cm³/mol. The third kappa shape index (κ3) is 3.98. The van der Waals surface area contributed by atoms with E-state index in [2.05, 4.69) is 9.88 Å². The summed E-state index contributed by atoms with van der Waals surface area (Å²) < 4.78 is 30.7. The molecule has 0 bridgehead atoms. The Balaban J connectivity index is 2.10. The van der Waals surface area contributed by atoms with Crippen molar-refractivity contribution < 1.29 is 13.3 Å². The second-order valence-electron chi connectivity index (χ2n) is 5.93. The number of rotatable bonds is 6. The van der Waals surface area contributed by atoms with E-state index in [1.807, 2.05) is 37.3 Å². The topological polar surface area (TPSA) is 100 Å². The van der Waals surface area contributed by atoms with Crippen LogP contribution in [-0.2, 0) is 24.4 Å². The van der Waals surface area contributed by atoms with Crippen molar-refractivity contribution in [3.05, 3.63) is 75.5 Å². The van der Waals surface area contributed by atoms with E-state index < -0.39 is 11.3 Å². The first-order valence-corrected chi connectivity index (χ1v) is 9.06. The predicted octanol–water partition coefficient (Wildman–Crippen LogP) is 2.05. The molecule has 8 heteroatoms. The zero-order valence-corrected chi connectivity index (χ0v) is 15.2. The maximum atomic E-state index is 12.8. The smallest absolute Gasteiger partial charge is 0.255 e. The van der Waals surface area contributed by atoms with E-state index in [4.69, 9.17) is 4.52 Å². The van der Waals surface area contributed by atoms with Crippen LogP contribution in [0.25, 0.3) is 11.1 Å². The molecule has 1 atom stereocenters. The molecule has 0 saturated heterocycles. The number of hydrogen-bond donors (Lipinski definition) is 1. The van der Waals surface area contributed by atoms with E-state index in [-0.39, 0.29) is 12.1 Å². The average Bonchev–Trinajstić information content (AvgIpc) is 2.95. The molecule has 1 N–H and O–H groups in total. The summed E-state index contributed by atoms with van der Waals surface area (Å²) in [5.41, 5.74) is 3.34. The quantitative estimate of drug-likeness (QED) is 0.668. The van der Waals surface area contributed by atoms with Gasteiger partial charge in [0.1, 0.15) is 5.76 Å². The first kappa shape index (κ1) is 18.2. The van der Waals surface area contributed by atoms with Crippen LogP contribution in [-0.4, -0.2) is 18.5 Å². The van der Waals surface area contributed by atoms with Gasteiger partial charge in [0.05, 0.1) is 12.2 Å². The van der Waals surface area contributed by atoms with E-state index in [1.165, 1.54) is 0 Å². The largest absolute Gasteiger partial charge is 0.760 e. The van der Waals surface area contributed by atoms with Crippen molar-refractivity contribution in [3.63, 3.8) is 0 Å². The molecule has 3 rings (SSSR count). The van der Waals surface area contributed by atoms with Crippen LogP contribution in [0.15, 0.2) is 51.9 Å². The van der Waals surface area contributed by atoms with Crippen LogP contribution in [0.3, 0.4) is 0 Å². The van der Waals surface area contributed by atoms with E-state index in [1.54, 1.807) is 23.8 Å². The van der Waals surface area contributed by atoms with Crippen molar-refractivity contribution in [2.24, 2.45) is 0 Å². The van der Waals surface area contributed by atoms with E-state index in [0.717, 1.165) is 16.7 Å². The second kappa shape index (κ2) is 7.77. The van der Waals surface area contributed by atoms with Gasteiger partial charge in [0.15, 0.2) is 0 Å². The third-order valence-corrected chi connectivity index (χ3v) is 4.44. The van der Waals surface area contributed by atoms with Gasteiger partial charge in [-0.05, 0) is 25.5 Å². The molecule has 1 aromatic carbocycles. The van der Waals surface area contributed by atoms with Gasteiger partial charge in [0.25, 0.3) is 5.56 Å². The molecule has 1 unspecified atom stereocenters. The molecule has 0 spiro atoms. The molecule has 0 aliphatic rings. The van der Waals surface area contributed by atoms with Gasteiger partial charge in [-0.3, -0.25) is 9.00 Å². The Kier molecular flexibility index (Phi) is 5.46. The molecule has 0 aliphatic carbocycles. The molecule has 2 aromatic heterocycles. The Morgan fingerprint density at radius 3 is 2.62 bits per heavy atom. The SMILES string of the molecule is Cc1noc(C)c1-c1cc(CNS(=O)[O-])c(=O)n(Cc2ccccc2)c1. The van der Waals surface area contributed by atoms with Crippen molar-refractivity contribution in [1.82, 2.24) is 14.4 Å². The molecule has 0 aliphatic heterocycles. The number of pyridine rings is 1. The molecular weight excluding hydrogens is 354 g/mol. The molecule has 0 fully saturated rings. The van der Waals surface area contributed by atoms with Gasteiger partial charge in [-0.1, -0.05) is 35.5 Å². The summed E-state index contributed by atoms with van der Waals surface area (Å²) in [6.45, 7) is 3.92. The van der Waals surface area contributed by atoms with E-state index >= 15 is 0 Å². The lowest BCUT2D eigenvalue weighted by molar-refractivity contribution is 0.393. The second-order valence-corrected chi connectivity index (χ2v) is 6.69. The number of benzene rings is 1. The highest BCUT2D eigenvalue weighted by Crippen LogP contribution is 2.26. The number of nitrogens with zero attached hydrogens (tertiary/aromatic N) is 2. The summed E-state index contributed by atoms with van der Waals surface area (Å²) in [5.74, 6) is 0.638. The summed E-state index contributed by atoms with van der Waals surface area (Å²) in [6, 6.07) is 11.3. The molecule has 26 heavy (non-hydrogen) atoms.